The normalized spacial score (nSPS) is 13.0. The van der Waals surface area contributed by atoms with Crippen LogP contribution >= 0.6 is 0 Å². The summed E-state index contributed by atoms with van der Waals surface area (Å²) in [5.41, 5.74) is 22.1. The molecule has 10 rings (SSSR count). The lowest BCUT2D eigenvalue weighted by Gasteiger charge is -2.30. The number of benzene rings is 7. The molecule has 0 aliphatic heterocycles. The summed E-state index contributed by atoms with van der Waals surface area (Å²) in [6, 6.07) is 59.5. The zero-order valence-corrected chi connectivity index (χ0v) is 27.1. The van der Waals surface area contributed by atoms with E-state index in [0.717, 1.165) is 44.6 Å². The number of anilines is 1. The van der Waals surface area contributed by atoms with Crippen LogP contribution in [0, 0.1) is 0 Å². The number of nitrogens with two attached hydrogens (primary N) is 1. The lowest BCUT2D eigenvalue weighted by molar-refractivity contribution is 0.794. The van der Waals surface area contributed by atoms with E-state index < -0.39 is 5.41 Å². The standard InChI is InChI=1S/C46H30N4/c47-41-25-13-24-40-42(41)36-28-31(26-27-39(36)46(40)37-22-11-9-19-33(37)34-20-10-12-23-38(34)46)32-18-7-8-21-35(32)45-49-43(29-14-3-1-4-15-29)48-44(50-45)30-16-5-2-6-17-30/h1-28H,47H2. The van der Waals surface area contributed by atoms with Crippen molar-refractivity contribution < 1.29 is 0 Å². The zero-order valence-electron chi connectivity index (χ0n) is 27.1. The van der Waals surface area contributed by atoms with Gasteiger partial charge in [0.1, 0.15) is 0 Å². The first kappa shape index (κ1) is 28.4. The number of nitrogens with zero attached hydrogens (tertiary/aromatic N) is 3. The minimum atomic E-state index is -0.450. The second kappa shape index (κ2) is 10.9. The summed E-state index contributed by atoms with van der Waals surface area (Å²) in [5.74, 6) is 1.91. The van der Waals surface area contributed by atoms with Gasteiger partial charge in [-0.25, -0.2) is 15.0 Å². The molecule has 2 aliphatic carbocycles. The highest BCUT2D eigenvalue weighted by Gasteiger charge is 2.52. The number of hydrogen-bond donors (Lipinski definition) is 1. The maximum Gasteiger partial charge on any atom is 0.164 e. The summed E-state index contributed by atoms with van der Waals surface area (Å²) in [5, 5.41) is 0. The number of nitrogen functional groups attached to an aromatic ring is 1. The van der Waals surface area contributed by atoms with Crippen molar-refractivity contribution in [2.45, 2.75) is 5.41 Å². The lowest BCUT2D eigenvalue weighted by Crippen LogP contribution is -2.25. The molecule has 1 heterocycles. The Labute approximate surface area is 290 Å². The van der Waals surface area contributed by atoms with Crippen molar-refractivity contribution in [3.63, 3.8) is 0 Å². The fourth-order valence-electron chi connectivity index (χ4n) is 8.25. The van der Waals surface area contributed by atoms with E-state index in [1.165, 1.54) is 33.4 Å². The highest BCUT2D eigenvalue weighted by atomic mass is 15.0. The molecule has 0 amide bonds. The average Bonchev–Trinajstić information content (AvgIpc) is 3.66. The molecule has 2 aliphatic rings. The minimum absolute atomic E-state index is 0.450. The van der Waals surface area contributed by atoms with E-state index in [0.29, 0.717) is 17.5 Å². The van der Waals surface area contributed by atoms with Crippen molar-refractivity contribution in [3.05, 3.63) is 192 Å². The van der Waals surface area contributed by atoms with Gasteiger partial charge >= 0.3 is 0 Å². The molecule has 0 fully saturated rings. The van der Waals surface area contributed by atoms with Crippen molar-refractivity contribution in [2.75, 3.05) is 5.73 Å². The highest BCUT2D eigenvalue weighted by molar-refractivity contribution is 5.99. The van der Waals surface area contributed by atoms with Crippen LogP contribution in [0.1, 0.15) is 22.3 Å². The smallest absolute Gasteiger partial charge is 0.164 e. The quantitative estimate of drug-likeness (QED) is 0.195. The predicted octanol–water partition coefficient (Wildman–Crippen LogP) is 10.5. The molecular weight excluding hydrogens is 609 g/mol. The minimum Gasteiger partial charge on any atom is -0.398 e. The molecule has 4 heteroatoms. The number of hydrogen-bond acceptors (Lipinski definition) is 4. The molecule has 0 radical (unpaired) electrons. The Bertz CT molecular complexity index is 2510. The van der Waals surface area contributed by atoms with E-state index in [9.17, 15) is 0 Å². The monoisotopic (exact) mass is 638 g/mol. The van der Waals surface area contributed by atoms with Crippen LogP contribution < -0.4 is 5.73 Å². The van der Waals surface area contributed by atoms with E-state index in [-0.39, 0.29) is 0 Å². The van der Waals surface area contributed by atoms with Crippen LogP contribution in [0.4, 0.5) is 5.69 Å². The molecule has 0 unspecified atom stereocenters. The number of fused-ring (bicyclic) bond motifs is 10. The zero-order chi connectivity index (χ0) is 33.2. The van der Waals surface area contributed by atoms with Gasteiger partial charge in [-0.05, 0) is 62.2 Å². The van der Waals surface area contributed by atoms with E-state index in [2.05, 4.69) is 103 Å². The molecule has 8 aromatic rings. The van der Waals surface area contributed by atoms with Crippen LogP contribution in [-0.2, 0) is 5.41 Å². The Hall–Kier alpha value is -6.65. The Balaban J connectivity index is 1.20. The molecule has 0 saturated heterocycles. The van der Waals surface area contributed by atoms with Crippen LogP contribution in [0.25, 0.3) is 67.5 Å². The largest absolute Gasteiger partial charge is 0.398 e. The van der Waals surface area contributed by atoms with Crippen molar-refractivity contribution in [3.8, 4) is 67.5 Å². The maximum absolute atomic E-state index is 6.90. The van der Waals surface area contributed by atoms with Gasteiger partial charge in [-0.1, -0.05) is 158 Å². The number of aromatic nitrogens is 3. The summed E-state index contributed by atoms with van der Waals surface area (Å²) in [4.78, 5) is 15.1. The molecule has 2 N–H and O–H groups in total. The summed E-state index contributed by atoms with van der Waals surface area (Å²) in [6.07, 6.45) is 0. The molecule has 0 bridgehead atoms. The van der Waals surface area contributed by atoms with Crippen molar-refractivity contribution in [1.29, 1.82) is 0 Å². The molecule has 1 aromatic heterocycles. The Morgan fingerprint density at radius 1 is 0.340 bits per heavy atom. The highest BCUT2D eigenvalue weighted by Crippen LogP contribution is 2.63. The van der Waals surface area contributed by atoms with Gasteiger partial charge in [0.25, 0.3) is 0 Å². The second-order valence-electron chi connectivity index (χ2n) is 13.0. The SMILES string of the molecule is Nc1cccc2c1-c1cc(-c3ccccc3-c3nc(-c4ccccc4)nc(-c4ccccc4)n3)ccc1C21c2ccccc2-c2ccccc21. The Morgan fingerprint density at radius 2 is 0.820 bits per heavy atom. The fourth-order valence-corrected chi connectivity index (χ4v) is 8.25. The van der Waals surface area contributed by atoms with Gasteiger partial charge in [0.2, 0.25) is 0 Å². The van der Waals surface area contributed by atoms with Gasteiger partial charge in [0.15, 0.2) is 17.5 Å². The van der Waals surface area contributed by atoms with Crippen LogP contribution in [0.5, 0.6) is 0 Å². The summed E-state index contributed by atoms with van der Waals surface area (Å²) in [6.45, 7) is 0. The van der Waals surface area contributed by atoms with E-state index in [4.69, 9.17) is 20.7 Å². The van der Waals surface area contributed by atoms with Gasteiger partial charge in [-0.15, -0.1) is 0 Å². The molecule has 4 nitrogen and oxygen atoms in total. The average molecular weight is 639 g/mol. The van der Waals surface area contributed by atoms with E-state index >= 15 is 0 Å². The first-order valence-corrected chi connectivity index (χ1v) is 16.9. The van der Waals surface area contributed by atoms with Crippen molar-refractivity contribution in [2.24, 2.45) is 0 Å². The van der Waals surface area contributed by atoms with Gasteiger partial charge in [-0.2, -0.15) is 0 Å². The molecule has 0 saturated carbocycles. The third-order valence-corrected chi connectivity index (χ3v) is 10.3. The molecule has 7 aromatic carbocycles. The molecule has 234 valence electrons. The van der Waals surface area contributed by atoms with Crippen molar-refractivity contribution in [1.82, 2.24) is 15.0 Å². The third kappa shape index (κ3) is 4.02. The third-order valence-electron chi connectivity index (χ3n) is 10.3. The van der Waals surface area contributed by atoms with Crippen molar-refractivity contribution >= 4 is 5.69 Å². The first-order valence-electron chi connectivity index (χ1n) is 16.9. The molecule has 1 spiro atoms. The molecule has 50 heavy (non-hydrogen) atoms. The molecular formula is C46H30N4. The summed E-state index contributed by atoms with van der Waals surface area (Å²) in [7, 11) is 0. The molecule has 0 atom stereocenters. The Kier molecular flexibility index (Phi) is 6.21. The van der Waals surface area contributed by atoms with Gasteiger partial charge < -0.3 is 5.73 Å². The van der Waals surface area contributed by atoms with E-state index in [1.54, 1.807) is 0 Å². The fraction of sp³-hybridized carbons (Fsp3) is 0.0217. The number of rotatable bonds is 4. The Morgan fingerprint density at radius 3 is 1.44 bits per heavy atom. The second-order valence-corrected chi connectivity index (χ2v) is 13.0. The predicted molar refractivity (Wildman–Crippen MR) is 202 cm³/mol. The summed E-state index contributed by atoms with van der Waals surface area (Å²) < 4.78 is 0. The summed E-state index contributed by atoms with van der Waals surface area (Å²) >= 11 is 0. The van der Waals surface area contributed by atoms with Crippen LogP contribution in [0.15, 0.2) is 170 Å². The van der Waals surface area contributed by atoms with Gasteiger partial charge in [0, 0.05) is 27.9 Å². The maximum atomic E-state index is 6.90. The first-order chi connectivity index (χ1) is 24.7. The lowest BCUT2D eigenvalue weighted by atomic mass is 9.70. The van der Waals surface area contributed by atoms with Crippen LogP contribution in [-0.4, -0.2) is 15.0 Å². The van der Waals surface area contributed by atoms with Gasteiger partial charge in [-0.3, -0.25) is 0 Å². The topological polar surface area (TPSA) is 64.7 Å². The van der Waals surface area contributed by atoms with Gasteiger partial charge in [0.05, 0.1) is 5.41 Å². The van der Waals surface area contributed by atoms with Crippen LogP contribution in [0.2, 0.25) is 0 Å². The van der Waals surface area contributed by atoms with Crippen LogP contribution in [0.3, 0.4) is 0 Å². The van der Waals surface area contributed by atoms with E-state index in [1.807, 2.05) is 66.7 Å².